The fourth-order valence-corrected chi connectivity index (χ4v) is 1.52. The SMILES string of the molecule is Cc1ccc(C(N)=O)c(C)c1OC(C)C(F)(F)F. The van der Waals surface area contributed by atoms with Gasteiger partial charge < -0.3 is 10.5 Å². The molecule has 0 aliphatic heterocycles. The van der Waals surface area contributed by atoms with Crippen molar-refractivity contribution in [2.24, 2.45) is 5.73 Å². The second kappa shape index (κ2) is 4.88. The Kier molecular flexibility index (Phi) is 3.88. The summed E-state index contributed by atoms with van der Waals surface area (Å²) in [5.74, 6) is -0.645. The molecule has 0 radical (unpaired) electrons. The van der Waals surface area contributed by atoms with Gasteiger partial charge in [-0.05, 0) is 32.4 Å². The molecule has 2 N–H and O–H groups in total. The van der Waals surface area contributed by atoms with E-state index in [0.717, 1.165) is 6.92 Å². The van der Waals surface area contributed by atoms with E-state index in [-0.39, 0.29) is 11.3 Å². The standard InChI is InChI=1S/C12H14F3NO2/c1-6-4-5-9(11(16)17)7(2)10(6)18-8(3)12(13,14)15/h4-5,8H,1-3H3,(H2,16,17). The summed E-state index contributed by atoms with van der Waals surface area (Å²) in [6.45, 7) is 4.03. The van der Waals surface area contributed by atoms with E-state index in [9.17, 15) is 18.0 Å². The highest BCUT2D eigenvalue weighted by atomic mass is 19.4. The van der Waals surface area contributed by atoms with E-state index in [1.54, 1.807) is 6.92 Å². The number of carbonyl (C=O) groups excluding carboxylic acids is 1. The number of alkyl halides is 3. The van der Waals surface area contributed by atoms with Crippen LogP contribution in [0.5, 0.6) is 5.75 Å². The Morgan fingerprint density at radius 2 is 1.89 bits per heavy atom. The van der Waals surface area contributed by atoms with Crippen LogP contribution in [0, 0.1) is 13.8 Å². The molecule has 1 unspecified atom stereocenters. The topological polar surface area (TPSA) is 52.3 Å². The quantitative estimate of drug-likeness (QED) is 0.909. The maximum atomic E-state index is 12.4. The van der Waals surface area contributed by atoms with Crippen molar-refractivity contribution < 1.29 is 22.7 Å². The van der Waals surface area contributed by atoms with Gasteiger partial charge in [-0.3, -0.25) is 4.79 Å². The lowest BCUT2D eigenvalue weighted by Crippen LogP contribution is -2.31. The van der Waals surface area contributed by atoms with Crippen molar-refractivity contribution in [1.82, 2.24) is 0 Å². The van der Waals surface area contributed by atoms with Crippen LogP contribution in [0.4, 0.5) is 13.2 Å². The summed E-state index contributed by atoms with van der Waals surface area (Å²) in [7, 11) is 0. The summed E-state index contributed by atoms with van der Waals surface area (Å²) in [6, 6.07) is 2.98. The first-order valence-electron chi connectivity index (χ1n) is 5.28. The highest BCUT2D eigenvalue weighted by Crippen LogP contribution is 2.31. The van der Waals surface area contributed by atoms with E-state index in [1.165, 1.54) is 19.1 Å². The summed E-state index contributed by atoms with van der Waals surface area (Å²) < 4.78 is 42.2. The largest absolute Gasteiger partial charge is 0.481 e. The number of carbonyl (C=O) groups is 1. The van der Waals surface area contributed by atoms with Gasteiger partial charge in [-0.25, -0.2) is 0 Å². The van der Waals surface area contributed by atoms with E-state index in [4.69, 9.17) is 10.5 Å². The second-order valence-electron chi connectivity index (χ2n) is 4.05. The molecule has 3 nitrogen and oxygen atoms in total. The molecule has 0 aromatic heterocycles. The first-order chi connectivity index (χ1) is 8.14. The predicted octanol–water partition coefficient (Wildman–Crippen LogP) is 2.73. The van der Waals surface area contributed by atoms with Gasteiger partial charge in [0.25, 0.3) is 0 Å². The van der Waals surface area contributed by atoms with Crippen LogP contribution < -0.4 is 10.5 Å². The van der Waals surface area contributed by atoms with Crippen LogP contribution in [-0.2, 0) is 0 Å². The zero-order valence-corrected chi connectivity index (χ0v) is 10.3. The van der Waals surface area contributed by atoms with Gasteiger partial charge in [0.2, 0.25) is 5.91 Å². The van der Waals surface area contributed by atoms with Gasteiger partial charge in [0, 0.05) is 11.1 Å². The average molecular weight is 261 g/mol. The number of benzene rings is 1. The van der Waals surface area contributed by atoms with Crippen molar-refractivity contribution in [1.29, 1.82) is 0 Å². The number of aryl methyl sites for hydroxylation is 1. The monoisotopic (exact) mass is 261 g/mol. The summed E-state index contributed by atoms with van der Waals surface area (Å²) >= 11 is 0. The van der Waals surface area contributed by atoms with Crippen LogP contribution >= 0.6 is 0 Å². The smallest absolute Gasteiger partial charge is 0.425 e. The van der Waals surface area contributed by atoms with Gasteiger partial charge >= 0.3 is 6.18 Å². The molecule has 18 heavy (non-hydrogen) atoms. The maximum absolute atomic E-state index is 12.4. The Balaban J connectivity index is 3.16. The number of amides is 1. The van der Waals surface area contributed by atoms with Crippen LogP contribution in [0.2, 0.25) is 0 Å². The fourth-order valence-electron chi connectivity index (χ4n) is 1.52. The Labute approximate surface area is 103 Å². The molecule has 0 heterocycles. The van der Waals surface area contributed by atoms with Crippen LogP contribution in [-0.4, -0.2) is 18.2 Å². The molecule has 1 amide bonds. The minimum Gasteiger partial charge on any atom is -0.481 e. The lowest BCUT2D eigenvalue weighted by molar-refractivity contribution is -0.189. The van der Waals surface area contributed by atoms with E-state index in [2.05, 4.69) is 0 Å². The Bertz CT molecular complexity index is 469. The van der Waals surface area contributed by atoms with E-state index in [1.807, 2.05) is 0 Å². The fraction of sp³-hybridized carbons (Fsp3) is 0.417. The number of hydrogen-bond acceptors (Lipinski definition) is 2. The van der Waals surface area contributed by atoms with Gasteiger partial charge in [0.05, 0.1) is 0 Å². The molecule has 0 aliphatic carbocycles. The van der Waals surface area contributed by atoms with Gasteiger partial charge in [-0.1, -0.05) is 6.07 Å². The summed E-state index contributed by atoms with van der Waals surface area (Å²) in [5.41, 5.74) is 6.13. The number of primary amides is 1. The third kappa shape index (κ3) is 2.94. The summed E-state index contributed by atoms with van der Waals surface area (Å²) in [4.78, 5) is 11.1. The Hall–Kier alpha value is -1.72. The third-order valence-electron chi connectivity index (χ3n) is 2.62. The molecule has 1 aromatic rings. The Morgan fingerprint density at radius 1 is 1.33 bits per heavy atom. The number of halogens is 3. The molecule has 100 valence electrons. The van der Waals surface area contributed by atoms with Gasteiger partial charge in [-0.15, -0.1) is 0 Å². The van der Waals surface area contributed by atoms with Crippen molar-refractivity contribution in [3.05, 3.63) is 28.8 Å². The minimum absolute atomic E-state index is 0.0520. The molecule has 6 heteroatoms. The molecule has 1 rings (SSSR count). The molecule has 0 spiro atoms. The van der Waals surface area contributed by atoms with Crippen molar-refractivity contribution in [3.8, 4) is 5.75 Å². The summed E-state index contributed by atoms with van der Waals surface area (Å²) in [5, 5.41) is 0. The van der Waals surface area contributed by atoms with E-state index < -0.39 is 18.2 Å². The minimum atomic E-state index is -4.46. The molecular formula is C12H14F3NO2. The number of hydrogen-bond donors (Lipinski definition) is 1. The lowest BCUT2D eigenvalue weighted by atomic mass is 10.0. The van der Waals surface area contributed by atoms with Crippen LogP contribution in [0.15, 0.2) is 12.1 Å². The highest BCUT2D eigenvalue weighted by molar-refractivity contribution is 5.95. The molecule has 0 bridgehead atoms. The van der Waals surface area contributed by atoms with Crippen molar-refractivity contribution >= 4 is 5.91 Å². The van der Waals surface area contributed by atoms with Gasteiger partial charge in [-0.2, -0.15) is 13.2 Å². The molecule has 0 fully saturated rings. The van der Waals surface area contributed by atoms with Crippen molar-refractivity contribution in [2.45, 2.75) is 33.1 Å². The molecule has 0 saturated carbocycles. The predicted molar refractivity (Wildman–Crippen MR) is 60.6 cm³/mol. The average Bonchev–Trinajstić information content (AvgIpc) is 2.21. The molecule has 1 aromatic carbocycles. The van der Waals surface area contributed by atoms with Crippen molar-refractivity contribution in [2.75, 3.05) is 0 Å². The third-order valence-corrected chi connectivity index (χ3v) is 2.62. The van der Waals surface area contributed by atoms with Crippen LogP contribution in [0.3, 0.4) is 0 Å². The van der Waals surface area contributed by atoms with Crippen LogP contribution in [0.1, 0.15) is 28.4 Å². The maximum Gasteiger partial charge on any atom is 0.425 e. The lowest BCUT2D eigenvalue weighted by Gasteiger charge is -2.21. The van der Waals surface area contributed by atoms with Gasteiger partial charge in [0.1, 0.15) is 5.75 Å². The first-order valence-corrected chi connectivity index (χ1v) is 5.28. The zero-order chi connectivity index (χ0) is 14.1. The first kappa shape index (κ1) is 14.3. The Morgan fingerprint density at radius 3 is 2.33 bits per heavy atom. The summed E-state index contributed by atoms with van der Waals surface area (Å²) in [6.07, 6.45) is -6.40. The van der Waals surface area contributed by atoms with Crippen LogP contribution in [0.25, 0.3) is 0 Å². The van der Waals surface area contributed by atoms with Gasteiger partial charge in [0.15, 0.2) is 6.10 Å². The normalized spacial score (nSPS) is 13.2. The van der Waals surface area contributed by atoms with E-state index in [0.29, 0.717) is 11.1 Å². The highest BCUT2D eigenvalue weighted by Gasteiger charge is 2.38. The number of rotatable bonds is 3. The van der Waals surface area contributed by atoms with E-state index >= 15 is 0 Å². The van der Waals surface area contributed by atoms with Crippen molar-refractivity contribution in [3.63, 3.8) is 0 Å². The number of ether oxygens (including phenoxy) is 1. The molecular weight excluding hydrogens is 247 g/mol. The zero-order valence-electron chi connectivity index (χ0n) is 10.3. The molecule has 0 saturated heterocycles. The second-order valence-corrected chi connectivity index (χ2v) is 4.05. The molecule has 0 aliphatic rings. The number of nitrogens with two attached hydrogens (primary N) is 1. The molecule has 1 atom stereocenters.